The zero-order chi connectivity index (χ0) is 13.6. The van der Waals surface area contributed by atoms with E-state index in [9.17, 15) is 0 Å². The van der Waals surface area contributed by atoms with Crippen molar-refractivity contribution in [2.45, 2.75) is 19.9 Å². The van der Waals surface area contributed by atoms with Crippen LogP contribution in [0, 0.1) is 11.7 Å². The predicted octanol–water partition coefficient (Wildman–Crippen LogP) is 2.75. The van der Waals surface area contributed by atoms with Crippen molar-refractivity contribution in [1.82, 2.24) is 24.3 Å². The molecule has 3 rings (SSSR count). The zero-order valence-corrected chi connectivity index (χ0v) is 11.9. The average Bonchev–Trinajstić information content (AvgIpc) is 2.88. The van der Waals surface area contributed by atoms with Crippen LogP contribution in [0.1, 0.15) is 24.4 Å². The summed E-state index contributed by atoms with van der Waals surface area (Å²) >= 11 is 5.44. The summed E-state index contributed by atoms with van der Waals surface area (Å²) < 4.78 is 4.62. The number of nitrogens with zero attached hydrogens (tertiary/aromatic N) is 4. The van der Waals surface area contributed by atoms with Gasteiger partial charge in [-0.05, 0) is 38.2 Å². The third-order valence-corrected chi connectivity index (χ3v) is 3.67. The van der Waals surface area contributed by atoms with Gasteiger partial charge in [0.25, 0.3) is 0 Å². The molecule has 0 aliphatic rings. The summed E-state index contributed by atoms with van der Waals surface area (Å²) in [6, 6.07) is 5.98. The van der Waals surface area contributed by atoms with Crippen molar-refractivity contribution in [3.63, 3.8) is 0 Å². The Morgan fingerprint density at radius 2 is 2.16 bits per heavy atom. The molecule has 6 heteroatoms. The molecule has 1 N–H and O–H groups in total. The monoisotopic (exact) mass is 273 g/mol. The molecule has 0 amide bonds. The number of pyridine rings is 1. The van der Waals surface area contributed by atoms with E-state index in [0.29, 0.717) is 4.77 Å². The van der Waals surface area contributed by atoms with Crippen LogP contribution in [0.3, 0.4) is 0 Å². The van der Waals surface area contributed by atoms with Gasteiger partial charge >= 0.3 is 0 Å². The fourth-order valence-electron chi connectivity index (χ4n) is 2.45. The van der Waals surface area contributed by atoms with Gasteiger partial charge in [-0.3, -0.25) is 14.2 Å². The Labute approximate surface area is 115 Å². The molecule has 0 radical (unpaired) electrons. The maximum absolute atomic E-state index is 5.44. The van der Waals surface area contributed by atoms with Crippen molar-refractivity contribution < 1.29 is 0 Å². The minimum atomic E-state index is 0.0669. The van der Waals surface area contributed by atoms with E-state index in [2.05, 4.69) is 26.6 Å². The molecule has 0 saturated heterocycles. The first kappa shape index (κ1) is 12.1. The van der Waals surface area contributed by atoms with E-state index in [1.165, 1.54) is 0 Å². The third kappa shape index (κ3) is 1.79. The number of imidazole rings is 1. The van der Waals surface area contributed by atoms with Crippen LogP contribution in [0.5, 0.6) is 0 Å². The van der Waals surface area contributed by atoms with Crippen molar-refractivity contribution in [2.75, 3.05) is 0 Å². The van der Waals surface area contributed by atoms with Gasteiger partial charge in [0.15, 0.2) is 10.4 Å². The molecular weight excluding hydrogens is 258 g/mol. The maximum Gasteiger partial charge on any atom is 0.179 e. The first-order valence-corrected chi connectivity index (χ1v) is 6.55. The lowest BCUT2D eigenvalue weighted by Gasteiger charge is -2.13. The summed E-state index contributed by atoms with van der Waals surface area (Å²) in [7, 11) is 1.93. The molecule has 0 aromatic carbocycles. The molecule has 1 unspecified atom stereocenters. The number of H-pyrrole nitrogens is 1. The minimum absolute atomic E-state index is 0.0669. The first-order chi connectivity index (χ1) is 9.09. The molecule has 0 bridgehead atoms. The number of rotatable bonds is 2. The van der Waals surface area contributed by atoms with Crippen molar-refractivity contribution in [1.29, 1.82) is 0 Å². The van der Waals surface area contributed by atoms with Crippen molar-refractivity contribution >= 4 is 23.4 Å². The second-order valence-corrected chi connectivity index (χ2v) is 5.03. The van der Waals surface area contributed by atoms with E-state index in [1.807, 2.05) is 36.9 Å². The highest BCUT2D eigenvalue weighted by Crippen LogP contribution is 2.24. The van der Waals surface area contributed by atoms with Gasteiger partial charge in [0.05, 0.1) is 17.4 Å². The lowest BCUT2D eigenvalue weighted by molar-refractivity contribution is 0.606. The summed E-state index contributed by atoms with van der Waals surface area (Å²) in [5.74, 6) is 0. The van der Waals surface area contributed by atoms with Crippen molar-refractivity contribution in [3.8, 4) is 0 Å². The SMILES string of the molecule is Cc1nn(C)c2c1[nH]c(=S)n2C(C)c1ccccn1. The molecule has 3 aromatic heterocycles. The number of hydrogen-bond acceptors (Lipinski definition) is 3. The Morgan fingerprint density at radius 1 is 1.37 bits per heavy atom. The summed E-state index contributed by atoms with van der Waals surface area (Å²) in [5, 5.41) is 4.43. The van der Waals surface area contributed by atoms with Gasteiger partial charge in [-0.15, -0.1) is 0 Å². The predicted molar refractivity (Wildman–Crippen MR) is 76.7 cm³/mol. The smallest absolute Gasteiger partial charge is 0.179 e. The van der Waals surface area contributed by atoms with Crippen molar-refractivity contribution in [3.05, 3.63) is 40.6 Å². The molecule has 0 spiro atoms. The summed E-state index contributed by atoms with van der Waals surface area (Å²) in [4.78, 5) is 7.64. The lowest BCUT2D eigenvalue weighted by Crippen LogP contribution is -2.10. The minimum Gasteiger partial charge on any atom is -0.328 e. The van der Waals surface area contributed by atoms with Gasteiger partial charge in [-0.1, -0.05) is 6.07 Å². The molecular formula is C13H15N5S. The molecule has 19 heavy (non-hydrogen) atoms. The quantitative estimate of drug-likeness (QED) is 0.730. The Bertz CT molecular complexity index is 781. The second-order valence-electron chi connectivity index (χ2n) is 4.64. The van der Waals surface area contributed by atoms with Gasteiger partial charge in [-0.25, -0.2) is 0 Å². The van der Waals surface area contributed by atoms with Crippen LogP contribution in [0.4, 0.5) is 0 Å². The molecule has 3 heterocycles. The number of fused-ring (bicyclic) bond motifs is 1. The van der Waals surface area contributed by atoms with E-state index in [0.717, 1.165) is 22.6 Å². The molecule has 1 atom stereocenters. The highest BCUT2D eigenvalue weighted by atomic mass is 32.1. The van der Waals surface area contributed by atoms with Gasteiger partial charge in [0, 0.05) is 13.2 Å². The Morgan fingerprint density at radius 3 is 2.84 bits per heavy atom. The van der Waals surface area contributed by atoms with Gasteiger partial charge in [-0.2, -0.15) is 5.10 Å². The average molecular weight is 273 g/mol. The van der Waals surface area contributed by atoms with Crippen molar-refractivity contribution in [2.24, 2.45) is 7.05 Å². The van der Waals surface area contributed by atoms with Crippen LogP contribution >= 0.6 is 12.2 Å². The fraction of sp³-hybridized carbons (Fsp3) is 0.308. The molecule has 0 saturated carbocycles. The molecule has 3 aromatic rings. The normalized spacial score (nSPS) is 13.0. The van der Waals surface area contributed by atoms with Crippen LogP contribution in [0.25, 0.3) is 11.2 Å². The molecule has 0 aliphatic carbocycles. The second kappa shape index (κ2) is 4.31. The number of aromatic amines is 1. The fourth-order valence-corrected chi connectivity index (χ4v) is 2.79. The number of aryl methyl sites for hydroxylation is 2. The standard InChI is InChI=1S/C13H15N5S/c1-8-11-12(17(3)16-8)18(13(19)15-11)9(2)10-6-4-5-7-14-10/h4-7,9H,1-3H3,(H,15,19). The van der Waals surface area contributed by atoms with Crippen LogP contribution in [-0.2, 0) is 7.05 Å². The summed E-state index contributed by atoms with van der Waals surface area (Å²) in [5.41, 5.74) is 3.94. The highest BCUT2D eigenvalue weighted by Gasteiger charge is 2.18. The van der Waals surface area contributed by atoms with Gasteiger partial charge in [0.1, 0.15) is 5.52 Å². The molecule has 5 nitrogen and oxygen atoms in total. The number of aromatic nitrogens is 5. The largest absolute Gasteiger partial charge is 0.328 e. The van der Waals surface area contributed by atoms with E-state index >= 15 is 0 Å². The summed E-state index contributed by atoms with van der Waals surface area (Å²) in [6.07, 6.45) is 1.80. The Balaban J connectivity index is 2.25. The zero-order valence-electron chi connectivity index (χ0n) is 11.1. The van der Waals surface area contributed by atoms with E-state index in [4.69, 9.17) is 12.2 Å². The third-order valence-electron chi connectivity index (χ3n) is 3.37. The Kier molecular flexibility index (Phi) is 2.74. The Hall–Kier alpha value is -1.95. The topological polar surface area (TPSA) is 51.4 Å². The van der Waals surface area contributed by atoms with Crippen LogP contribution in [0.2, 0.25) is 0 Å². The molecule has 0 fully saturated rings. The summed E-state index contributed by atoms with van der Waals surface area (Å²) in [6.45, 7) is 4.07. The number of hydrogen-bond donors (Lipinski definition) is 1. The van der Waals surface area contributed by atoms with Gasteiger partial charge < -0.3 is 4.98 Å². The van der Waals surface area contributed by atoms with E-state index in [1.54, 1.807) is 6.20 Å². The van der Waals surface area contributed by atoms with E-state index < -0.39 is 0 Å². The van der Waals surface area contributed by atoms with Crippen LogP contribution in [-0.4, -0.2) is 24.3 Å². The molecule has 98 valence electrons. The lowest BCUT2D eigenvalue weighted by atomic mass is 10.2. The highest BCUT2D eigenvalue weighted by molar-refractivity contribution is 7.71. The van der Waals surface area contributed by atoms with E-state index in [-0.39, 0.29) is 6.04 Å². The number of nitrogens with one attached hydrogen (secondary N) is 1. The van der Waals surface area contributed by atoms with Gasteiger partial charge in [0.2, 0.25) is 0 Å². The molecule has 0 aliphatic heterocycles. The van der Waals surface area contributed by atoms with Crippen LogP contribution in [0.15, 0.2) is 24.4 Å². The maximum atomic E-state index is 5.44. The van der Waals surface area contributed by atoms with Crippen LogP contribution < -0.4 is 0 Å². The first-order valence-electron chi connectivity index (χ1n) is 6.14.